The van der Waals surface area contributed by atoms with Gasteiger partial charge in [0.2, 0.25) is 0 Å². The molecule has 0 aliphatic heterocycles. The minimum absolute atomic E-state index is 0.627. The van der Waals surface area contributed by atoms with Crippen LogP contribution in [0.25, 0.3) is 0 Å². The second-order valence-electron chi connectivity index (χ2n) is 5.21. The van der Waals surface area contributed by atoms with Crippen LogP contribution in [-0.2, 0) is 6.42 Å². The molecule has 1 atom stereocenters. The summed E-state index contributed by atoms with van der Waals surface area (Å²) in [7, 11) is 4.02. The van der Waals surface area contributed by atoms with Crippen LogP contribution in [0.3, 0.4) is 0 Å². The molecule has 0 aromatic heterocycles. The number of hydrazone groups is 1. The molecular formula is C15H21BrN2. The lowest BCUT2D eigenvalue weighted by Gasteiger charge is -2.25. The number of rotatable bonds is 3. The van der Waals surface area contributed by atoms with Gasteiger partial charge in [-0.2, -0.15) is 5.10 Å². The predicted molar refractivity (Wildman–Crippen MR) is 80.9 cm³/mol. The molecule has 1 unspecified atom stereocenters. The van der Waals surface area contributed by atoms with Crippen LogP contribution >= 0.6 is 15.9 Å². The van der Waals surface area contributed by atoms with Crippen molar-refractivity contribution in [3.05, 3.63) is 34.3 Å². The van der Waals surface area contributed by atoms with Crippen molar-refractivity contribution in [1.29, 1.82) is 0 Å². The third-order valence-electron chi connectivity index (χ3n) is 3.43. The van der Waals surface area contributed by atoms with E-state index in [0.717, 1.165) is 10.9 Å². The molecule has 0 amide bonds. The predicted octanol–water partition coefficient (Wildman–Crippen LogP) is 4.10. The zero-order valence-electron chi connectivity index (χ0n) is 11.2. The van der Waals surface area contributed by atoms with Gasteiger partial charge in [-0.3, -0.25) is 0 Å². The summed E-state index contributed by atoms with van der Waals surface area (Å²) in [6.07, 6.45) is 6.21. The number of hydrogen-bond donors (Lipinski definition) is 0. The van der Waals surface area contributed by atoms with Crippen molar-refractivity contribution in [2.75, 3.05) is 14.1 Å². The van der Waals surface area contributed by atoms with Crippen LogP contribution in [0.15, 0.2) is 33.8 Å². The number of nitrogens with zero attached hydrogens (tertiary/aromatic N) is 2. The van der Waals surface area contributed by atoms with E-state index < -0.39 is 0 Å². The molecule has 18 heavy (non-hydrogen) atoms. The maximum absolute atomic E-state index is 4.67. The Hall–Kier alpha value is -0.830. The van der Waals surface area contributed by atoms with Crippen LogP contribution in [0, 0.1) is 5.92 Å². The summed E-state index contributed by atoms with van der Waals surface area (Å²) >= 11 is 3.48. The van der Waals surface area contributed by atoms with Crippen molar-refractivity contribution < 1.29 is 0 Å². The summed E-state index contributed by atoms with van der Waals surface area (Å²) in [5.41, 5.74) is 2.80. The van der Waals surface area contributed by atoms with Gasteiger partial charge in [0, 0.05) is 30.2 Å². The Labute approximate surface area is 118 Å². The van der Waals surface area contributed by atoms with Crippen LogP contribution < -0.4 is 0 Å². The highest BCUT2D eigenvalue weighted by Crippen LogP contribution is 2.26. The average Bonchev–Trinajstić information content (AvgIpc) is 2.34. The first-order chi connectivity index (χ1) is 8.65. The van der Waals surface area contributed by atoms with Crippen molar-refractivity contribution in [2.24, 2.45) is 11.0 Å². The molecule has 0 saturated heterocycles. The van der Waals surface area contributed by atoms with Crippen molar-refractivity contribution in [3.63, 3.8) is 0 Å². The molecule has 98 valence electrons. The molecule has 1 saturated carbocycles. The first kappa shape index (κ1) is 13.6. The normalized spacial score (nSPS) is 22.2. The van der Waals surface area contributed by atoms with Gasteiger partial charge in [0.05, 0.1) is 0 Å². The summed E-state index contributed by atoms with van der Waals surface area (Å²) in [5.74, 6) is 0.627. The average molecular weight is 309 g/mol. The van der Waals surface area contributed by atoms with E-state index in [4.69, 9.17) is 0 Å². The van der Waals surface area contributed by atoms with Crippen LogP contribution in [0.4, 0.5) is 0 Å². The fourth-order valence-electron chi connectivity index (χ4n) is 2.58. The second-order valence-corrected chi connectivity index (χ2v) is 6.13. The van der Waals surface area contributed by atoms with E-state index >= 15 is 0 Å². The first-order valence-electron chi connectivity index (χ1n) is 6.64. The van der Waals surface area contributed by atoms with Gasteiger partial charge in [0.15, 0.2) is 0 Å². The SMILES string of the molecule is CN(C)/N=C1/CCCCC1Cc1ccc(Br)cc1. The number of benzene rings is 1. The number of halogens is 1. The Bertz CT molecular complexity index is 409. The second kappa shape index (κ2) is 6.37. The van der Waals surface area contributed by atoms with E-state index in [9.17, 15) is 0 Å². The van der Waals surface area contributed by atoms with Crippen LogP contribution in [0.2, 0.25) is 0 Å². The van der Waals surface area contributed by atoms with Gasteiger partial charge in [0.1, 0.15) is 0 Å². The highest BCUT2D eigenvalue weighted by atomic mass is 79.9. The number of hydrogen-bond acceptors (Lipinski definition) is 2. The quantitative estimate of drug-likeness (QED) is 0.768. The summed E-state index contributed by atoms with van der Waals surface area (Å²) < 4.78 is 1.15. The smallest absolute Gasteiger partial charge is 0.0414 e. The lowest BCUT2D eigenvalue weighted by molar-refractivity contribution is 0.417. The maximum Gasteiger partial charge on any atom is 0.0414 e. The van der Waals surface area contributed by atoms with Gasteiger partial charge in [-0.05, 0) is 43.4 Å². The summed E-state index contributed by atoms with van der Waals surface area (Å²) in [6.45, 7) is 0. The third-order valence-corrected chi connectivity index (χ3v) is 3.96. The summed E-state index contributed by atoms with van der Waals surface area (Å²) in [6, 6.07) is 8.68. The Morgan fingerprint density at radius 2 is 1.94 bits per heavy atom. The Morgan fingerprint density at radius 3 is 2.61 bits per heavy atom. The molecule has 1 aromatic carbocycles. The monoisotopic (exact) mass is 308 g/mol. The standard InChI is InChI=1S/C15H21BrN2/c1-18(2)17-15-6-4-3-5-13(15)11-12-7-9-14(16)10-8-12/h7-10,13H,3-6,11H2,1-2H3/b17-15-. The molecule has 0 N–H and O–H groups in total. The van der Waals surface area contributed by atoms with E-state index in [1.807, 2.05) is 19.1 Å². The topological polar surface area (TPSA) is 15.6 Å². The maximum atomic E-state index is 4.67. The van der Waals surface area contributed by atoms with E-state index in [0.29, 0.717) is 5.92 Å². The largest absolute Gasteiger partial charge is 0.303 e. The fourth-order valence-corrected chi connectivity index (χ4v) is 2.85. The van der Waals surface area contributed by atoms with Gasteiger partial charge in [0.25, 0.3) is 0 Å². The van der Waals surface area contributed by atoms with E-state index in [-0.39, 0.29) is 0 Å². The molecular weight excluding hydrogens is 288 g/mol. The Morgan fingerprint density at radius 1 is 1.22 bits per heavy atom. The molecule has 2 nitrogen and oxygen atoms in total. The van der Waals surface area contributed by atoms with Gasteiger partial charge < -0.3 is 5.01 Å². The minimum atomic E-state index is 0.627. The van der Waals surface area contributed by atoms with Crippen LogP contribution in [-0.4, -0.2) is 24.8 Å². The van der Waals surface area contributed by atoms with Gasteiger partial charge in [-0.25, -0.2) is 0 Å². The van der Waals surface area contributed by atoms with Crippen molar-refractivity contribution in [3.8, 4) is 0 Å². The Kier molecular flexibility index (Phi) is 4.81. The van der Waals surface area contributed by atoms with E-state index in [1.165, 1.54) is 37.0 Å². The van der Waals surface area contributed by atoms with Crippen LogP contribution in [0.5, 0.6) is 0 Å². The summed E-state index contributed by atoms with van der Waals surface area (Å²) in [4.78, 5) is 0. The summed E-state index contributed by atoms with van der Waals surface area (Å²) in [5, 5.41) is 6.61. The fraction of sp³-hybridized carbons (Fsp3) is 0.533. The molecule has 0 spiro atoms. The molecule has 0 bridgehead atoms. The van der Waals surface area contributed by atoms with Gasteiger partial charge >= 0.3 is 0 Å². The first-order valence-corrected chi connectivity index (χ1v) is 7.43. The Balaban J connectivity index is 2.08. The molecule has 1 aromatic rings. The van der Waals surface area contributed by atoms with E-state index in [2.05, 4.69) is 45.3 Å². The molecule has 2 rings (SSSR count). The lowest BCUT2D eigenvalue weighted by atomic mass is 9.83. The van der Waals surface area contributed by atoms with Crippen molar-refractivity contribution in [1.82, 2.24) is 5.01 Å². The molecule has 0 radical (unpaired) electrons. The highest BCUT2D eigenvalue weighted by molar-refractivity contribution is 9.10. The van der Waals surface area contributed by atoms with Gasteiger partial charge in [-0.15, -0.1) is 0 Å². The molecule has 1 aliphatic rings. The zero-order chi connectivity index (χ0) is 13.0. The van der Waals surface area contributed by atoms with Crippen molar-refractivity contribution >= 4 is 21.6 Å². The minimum Gasteiger partial charge on any atom is -0.303 e. The van der Waals surface area contributed by atoms with Crippen molar-refractivity contribution in [2.45, 2.75) is 32.1 Å². The molecule has 1 aliphatic carbocycles. The lowest BCUT2D eigenvalue weighted by Crippen LogP contribution is -2.24. The molecule has 1 fully saturated rings. The molecule has 0 heterocycles. The highest BCUT2D eigenvalue weighted by Gasteiger charge is 2.21. The van der Waals surface area contributed by atoms with Crippen LogP contribution in [0.1, 0.15) is 31.2 Å². The molecule has 3 heteroatoms. The van der Waals surface area contributed by atoms with Gasteiger partial charge in [-0.1, -0.05) is 34.5 Å². The van der Waals surface area contributed by atoms with E-state index in [1.54, 1.807) is 0 Å². The zero-order valence-corrected chi connectivity index (χ0v) is 12.8. The third kappa shape index (κ3) is 3.84.